The number of aryl methyl sites for hydroxylation is 2. The molecule has 0 radical (unpaired) electrons. The number of piperidine rings is 1. The second-order valence-corrected chi connectivity index (χ2v) is 6.48. The third kappa shape index (κ3) is 3.07. The monoisotopic (exact) mass is 340 g/mol. The van der Waals surface area contributed by atoms with Gasteiger partial charge in [0.05, 0.1) is 28.5 Å². The number of carbonyl (C=O) groups is 1. The van der Waals surface area contributed by atoms with E-state index in [0.717, 1.165) is 42.7 Å². The average molecular weight is 340 g/mol. The number of rotatable bonds is 3. The van der Waals surface area contributed by atoms with Gasteiger partial charge in [0.25, 0.3) is 11.6 Å². The average Bonchev–Trinajstić information content (AvgIpc) is 3.21. The van der Waals surface area contributed by atoms with Gasteiger partial charge in [0, 0.05) is 38.6 Å². The van der Waals surface area contributed by atoms with Gasteiger partial charge >= 0.3 is 0 Å². The second-order valence-electron chi connectivity index (χ2n) is 6.48. The van der Waals surface area contributed by atoms with Crippen molar-refractivity contribution >= 4 is 22.7 Å². The summed E-state index contributed by atoms with van der Waals surface area (Å²) in [5.41, 5.74) is 2.80. The first-order valence-corrected chi connectivity index (χ1v) is 8.36. The largest absolute Gasteiger partial charge is 0.367 e. The number of nitrogens with one attached hydrogen (secondary N) is 1. The van der Waals surface area contributed by atoms with Crippen LogP contribution in [0.4, 0.5) is 5.69 Å². The van der Waals surface area contributed by atoms with Gasteiger partial charge in [-0.3, -0.25) is 9.48 Å². The van der Waals surface area contributed by atoms with Gasteiger partial charge in [-0.1, -0.05) is 5.16 Å². The Morgan fingerprint density at radius 2 is 2.28 bits per heavy atom. The maximum Gasteiger partial charge on any atom is 0.257 e. The van der Waals surface area contributed by atoms with Crippen molar-refractivity contribution in [2.75, 3.05) is 18.0 Å². The molecule has 0 saturated carbocycles. The summed E-state index contributed by atoms with van der Waals surface area (Å²) in [6.07, 6.45) is 7.38. The SMILES string of the molecule is Cc1noc2ncc(C(=O)NC3CCCN(c4cnn(C)c4)C3)cc12. The number of fused-ring (bicyclic) bond motifs is 1. The van der Waals surface area contributed by atoms with Crippen molar-refractivity contribution in [2.45, 2.75) is 25.8 Å². The molecule has 4 heterocycles. The van der Waals surface area contributed by atoms with Gasteiger partial charge in [0.1, 0.15) is 0 Å². The predicted octanol–water partition coefficient (Wildman–Crippen LogP) is 1.66. The summed E-state index contributed by atoms with van der Waals surface area (Å²) >= 11 is 0. The lowest BCUT2D eigenvalue weighted by Gasteiger charge is -2.33. The van der Waals surface area contributed by atoms with Crippen molar-refractivity contribution in [2.24, 2.45) is 7.05 Å². The number of aromatic nitrogens is 4. The molecule has 1 unspecified atom stereocenters. The van der Waals surface area contributed by atoms with Crippen molar-refractivity contribution in [3.8, 4) is 0 Å². The van der Waals surface area contributed by atoms with Crippen LogP contribution in [0.3, 0.4) is 0 Å². The lowest BCUT2D eigenvalue weighted by molar-refractivity contribution is 0.0933. The minimum Gasteiger partial charge on any atom is -0.367 e. The highest BCUT2D eigenvalue weighted by Crippen LogP contribution is 2.20. The van der Waals surface area contributed by atoms with Gasteiger partial charge in [0.15, 0.2) is 0 Å². The van der Waals surface area contributed by atoms with Crippen molar-refractivity contribution in [3.63, 3.8) is 0 Å². The van der Waals surface area contributed by atoms with E-state index in [-0.39, 0.29) is 11.9 Å². The summed E-state index contributed by atoms with van der Waals surface area (Å²) in [5.74, 6) is -0.118. The Balaban J connectivity index is 1.46. The lowest BCUT2D eigenvalue weighted by atomic mass is 10.0. The molecule has 8 heteroatoms. The van der Waals surface area contributed by atoms with Crippen molar-refractivity contribution in [1.29, 1.82) is 0 Å². The minimum atomic E-state index is -0.118. The molecular weight excluding hydrogens is 320 g/mol. The van der Waals surface area contributed by atoms with Gasteiger partial charge in [-0.2, -0.15) is 5.10 Å². The van der Waals surface area contributed by atoms with Gasteiger partial charge in [-0.25, -0.2) is 4.98 Å². The van der Waals surface area contributed by atoms with E-state index in [1.807, 2.05) is 26.4 Å². The number of carbonyl (C=O) groups excluding carboxylic acids is 1. The Morgan fingerprint density at radius 3 is 3.08 bits per heavy atom. The molecule has 1 aliphatic rings. The van der Waals surface area contributed by atoms with Crippen LogP contribution >= 0.6 is 0 Å². The standard InChI is InChI=1S/C17H20N6O2/c1-11-15-6-12(7-18-17(15)25-21-11)16(24)20-13-4-3-5-23(9-13)14-8-19-22(2)10-14/h6-8,10,13H,3-5,9H2,1-2H3,(H,20,24). The molecule has 0 aromatic carbocycles. The molecule has 3 aromatic rings. The van der Waals surface area contributed by atoms with Crippen LogP contribution in [0.1, 0.15) is 28.9 Å². The number of amides is 1. The molecule has 0 spiro atoms. The minimum absolute atomic E-state index is 0.0979. The van der Waals surface area contributed by atoms with Crippen molar-refractivity contribution in [1.82, 2.24) is 25.2 Å². The summed E-state index contributed by atoms with van der Waals surface area (Å²) in [6, 6.07) is 1.88. The highest BCUT2D eigenvalue weighted by Gasteiger charge is 2.23. The molecule has 1 N–H and O–H groups in total. The third-order valence-corrected chi connectivity index (χ3v) is 4.59. The number of hydrogen-bond acceptors (Lipinski definition) is 6. The first-order chi connectivity index (χ1) is 12.1. The third-order valence-electron chi connectivity index (χ3n) is 4.59. The number of nitrogens with zero attached hydrogens (tertiary/aromatic N) is 5. The van der Waals surface area contributed by atoms with E-state index in [0.29, 0.717) is 11.3 Å². The Kier molecular flexibility index (Phi) is 3.87. The number of hydrogen-bond donors (Lipinski definition) is 1. The maximum atomic E-state index is 12.6. The Hall–Kier alpha value is -2.90. The first-order valence-electron chi connectivity index (χ1n) is 8.36. The second kappa shape index (κ2) is 6.19. The van der Waals surface area contributed by atoms with E-state index in [9.17, 15) is 4.79 Å². The Labute approximate surface area is 144 Å². The van der Waals surface area contributed by atoms with Crippen LogP contribution in [0.15, 0.2) is 29.2 Å². The number of anilines is 1. The van der Waals surface area contributed by atoms with Crippen LogP contribution < -0.4 is 10.2 Å². The normalized spacial score (nSPS) is 17.8. The fourth-order valence-electron chi connectivity index (χ4n) is 3.24. The van der Waals surface area contributed by atoms with E-state index in [4.69, 9.17) is 4.52 Å². The van der Waals surface area contributed by atoms with Gasteiger partial charge in [0.2, 0.25) is 0 Å². The van der Waals surface area contributed by atoms with Crippen LogP contribution in [0.2, 0.25) is 0 Å². The molecule has 1 amide bonds. The van der Waals surface area contributed by atoms with E-state index >= 15 is 0 Å². The summed E-state index contributed by atoms with van der Waals surface area (Å²) < 4.78 is 6.88. The van der Waals surface area contributed by atoms with Gasteiger partial charge < -0.3 is 14.7 Å². The fraction of sp³-hybridized carbons (Fsp3) is 0.412. The topological polar surface area (TPSA) is 89.1 Å². The Bertz CT molecular complexity index is 915. The quantitative estimate of drug-likeness (QED) is 0.780. The molecule has 1 aliphatic heterocycles. The molecule has 1 saturated heterocycles. The Morgan fingerprint density at radius 1 is 1.40 bits per heavy atom. The predicted molar refractivity (Wildman–Crippen MR) is 92.5 cm³/mol. The molecule has 25 heavy (non-hydrogen) atoms. The molecule has 8 nitrogen and oxygen atoms in total. The van der Waals surface area contributed by atoms with Crippen molar-refractivity contribution in [3.05, 3.63) is 35.9 Å². The molecule has 1 atom stereocenters. The zero-order valence-corrected chi connectivity index (χ0v) is 14.3. The zero-order valence-electron chi connectivity index (χ0n) is 14.3. The maximum absolute atomic E-state index is 12.6. The van der Waals surface area contributed by atoms with E-state index in [1.165, 1.54) is 6.20 Å². The molecule has 0 aliphatic carbocycles. The van der Waals surface area contributed by atoms with Gasteiger partial charge in [-0.15, -0.1) is 0 Å². The molecule has 1 fully saturated rings. The zero-order chi connectivity index (χ0) is 17.4. The van der Waals surface area contributed by atoms with Crippen LogP contribution in [-0.4, -0.2) is 45.0 Å². The van der Waals surface area contributed by atoms with Crippen molar-refractivity contribution < 1.29 is 9.32 Å². The van der Waals surface area contributed by atoms with E-state index in [1.54, 1.807) is 10.7 Å². The summed E-state index contributed by atoms with van der Waals surface area (Å²) in [6.45, 7) is 3.59. The summed E-state index contributed by atoms with van der Waals surface area (Å²) in [4.78, 5) is 19.0. The molecular formula is C17H20N6O2. The fourth-order valence-corrected chi connectivity index (χ4v) is 3.24. The smallest absolute Gasteiger partial charge is 0.257 e. The van der Waals surface area contributed by atoms with Crippen LogP contribution in [0.5, 0.6) is 0 Å². The number of pyridine rings is 1. The van der Waals surface area contributed by atoms with E-state index in [2.05, 4.69) is 25.5 Å². The highest BCUT2D eigenvalue weighted by atomic mass is 16.5. The van der Waals surface area contributed by atoms with Crippen LogP contribution in [0.25, 0.3) is 11.1 Å². The molecule has 130 valence electrons. The molecule has 3 aromatic heterocycles. The lowest BCUT2D eigenvalue weighted by Crippen LogP contribution is -2.47. The van der Waals surface area contributed by atoms with E-state index < -0.39 is 0 Å². The van der Waals surface area contributed by atoms with Crippen LogP contribution in [0, 0.1) is 6.92 Å². The first kappa shape index (κ1) is 15.6. The summed E-state index contributed by atoms with van der Waals surface area (Å²) in [7, 11) is 1.91. The molecule has 0 bridgehead atoms. The van der Waals surface area contributed by atoms with Crippen LogP contribution in [-0.2, 0) is 7.05 Å². The molecule has 4 rings (SSSR count). The van der Waals surface area contributed by atoms with Gasteiger partial charge in [-0.05, 0) is 25.8 Å². The highest BCUT2D eigenvalue weighted by molar-refractivity contribution is 5.97. The summed E-state index contributed by atoms with van der Waals surface area (Å²) in [5, 5.41) is 12.0.